The predicted molar refractivity (Wildman–Crippen MR) is 75.3 cm³/mol. The van der Waals surface area contributed by atoms with Gasteiger partial charge in [0, 0.05) is 24.5 Å². The summed E-state index contributed by atoms with van der Waals surface area (Å²) >= 11 is 0. The number of carboxylic acid groups (broad SMARTS) is 1. The molecular formula is C15H15N3O3. The normalized spacial score (nSPS) is 17.9. The van der Waals surface area contributed by atoms with Gasteiger partial charge in [0.25, 0.3) is 5.91 Å². The van der Waals surface area contributed by atoms with E-state index in [9.17, 15) is 14.7 Å². The average molecular weight is 285 g/mol. The Bertz CT molecular complexity index is 667. The Morgan fingerprint density at radius 2 is 2.14 bits per heavy atom. The Morgan fingerprint density at radius 3 is 2.86 bits per heavy atom. The summed E-state index contributed by atoms with van der Waals surface area (Å²) in [6.45, 7) is 0.488. The molecule has 0 bridgehead atoms. The summed E-state index contributed by atoms with van der Waals surface area (Å²) in [6.07, 6.45) is 4.69. The zero-order chi connectivity index (χ0) is 14.8. The quantitative estimate of drug-likeness (QED) is 0.928. The third-order valence-electron chi connectivity index (χ3n) is 3.66. The highest BCUT2D eigenvalue weighted by Gasteiger charge is 2.34. The van der Waals surface area contributed by atoms with Crippen LogP contribution in [0.25, 0.3) is 5.69 Å². The van der Waals surface area contributed by atoms with Crippen LogP contribution in [0.2, 0.25) is 0 Å². The van der Waals surface area contributed by atoms with Gasteiger partial charge in [-0.2, -0.15) is 5.10 Å². The van der Waals surface area contributed by atoms with E-state index in [1.807, 2.05) is 6.07 Å². The van der Waals surface area contributed by atoms with Gasteiger partial charge < -0.3 is 10.0 Å². The molecule has 1 N–H and O–H groups in total. The third-order valence-corrected chi connectivity index (χ3v) is 3.66. The maximum atomic E-state index is 12.5. The third kappa shape index (κ3) is 2.52. The van der Waals surface area contributed by atoms with Crippen LogP contribution in [0.1, 0.15) is 23.2 Å². The molecule has 0 spiro atoms. The number of benzene rings is 1. The molecule has 0 aliphatic carbocycles. The van der Waals surface area contributed by atoms with Crippen molar-refractivity contribution >= 4 is 11.9 Å². The molecule has 1 aliphatic heterocycles. The number of carbonyl (C=O) groups is 2. The van der Waals surface area contributed by atoms with Gasteiger partial charge in [-0.25, -0.2) is 9.48 Å². The second-order valence-electron chi connectivity index (χ2n) is 5.00. The molecule has 3 rings (SSSR count). The van der Waals surface area contributed by atoms with Crippen LogP contribution in [0.15, 0.2) is 42.7 Å². The minimum absolute atomic E-state index is 0.242. The molecule has 108 valence electrons. The van der Waals surface area contributed by atoms with E-state index in [0.29, 0.717) is 18.5 Å². The summed E-state index contributed by atoms with van der Waals surface area (Å²) in [5.41, 5.74) is 1.26. The van der Waals surface area contributed by atoms with Crippen molar-refractivity contribution in [2.24, 2.45) is 0 Å². The molecule has 0 unspecified atom stereocenters. The van der Waals surface area contributed by atoms with Gasteiger partial charge in [-0.3, -0.25) is 4.79 Å². The standard InChI is InChI=1S/C15H15N3O3/c19-14(17-8-2-6-13(17)15(20)21)11-4-1-5-12(10-11)18-9-3-7-16-18/h1,3-5,7,9-10,13H,2,6,8H2,(H,20,21)/t13-/m1/s1. The highest BCUT2D eigenvalue weighted by molar-refractivity contribution is 5.97. The molecule has 6 nitrogen and oxygen atoms in total. The van der Waals surface area contributed by atoms with Crippen molar-refractivity contribution in [2.75, 3.05) is 6.54 Å². The van der Waals surface area contributed by atoms with Crippen molar-refractivity contribution in [3.8, 4) is 5.69 Å². The summed E-state index contributed by atoms with van der Waals surface area (Å²) in [4.78, 5) is 25.1. The van der Waals surface area contributed by atoms with Crippen LogP contribution < -0.4 is 0 Å². The number of carbonyl (C=O) groups excluding carboxylic acids is 1. The van der Waals surface area contributed by atoms with Gasteiger partial charge in [0.05, 0.1) is 5.69 Å². The van der Waals surface area contributed by atoms with Crippen molar-refractivity contribution in [1.29, 1.82) is 0 Å². The van der Waals surface area contributed by atoms with Crippen LogP contribution in [0.5, 0.6) is 0 Å². The first kappa shape index (κ1) is 13.4. The molecule has 1 aromatic carbocycles. The van der Waals surface area contributed by atoms with Gasteiger partial charge in [-0.1, -0.05) is 6.07 Å². The molecule has 1 atom stereocenters. The summed E-state index contributed by atoms with van der Waals surface area (Å²) in [5.74, 6) is -1.18. The lowest BCUT2D eigenvalue weighted by Crippen LogP contribution is -2.40. The average Bonchev–Trinajstić information content (AvgIpc) is 3.17. The number of aromatic nitrogens is 2. The number of likely N-dealkylation sites (tertiary alicyclic amines) is 1. The Hall–Kier alpha value is -2.63. The van der Waals surface area contributed by atoms with E-state index in [1.165, 1.54) is 4.90 Å². The monoisotopic (exact) mass is 285 g/mol. The van der Waals surface area contributed by atoms with Crippen LogP contribution in [0.4, 0.5) is 0 Å². The Balaban J connectivity index is 1.88. The predicted octanol–water partition coefficient (Wildman–Crippen LogP) is 1.56. The smallest absolute Gasteiger partial charge is 0.326 e. The molecule has 0 radical (unpaired) electrons. The first-order chi connectivity index (χ1) is 10.2. The molecule has 2 heterocycles. The van der Waals surface area contributed by atoms with E-state index in [0.717, 1.165) is 12.1 Å². The molecule has 1 aliphatic rings. The van der Waals surface area contributed by atoms with Crippen molar-refractivity contribution in [2.45, 2.75) is 18.9 Å². The van der Waals surface area contributed by atoms with Crippen LogP contribution in [0.3, 0.4) is 0 Å². The minimum Gasteiger partial charge on any atom is -0.480 e. The fourth-order valence-corrected chi connectivity index (χ4v) is 2.64. The number of hydrogen-bond donors (Lipinski definition) is 1. The largest absolute Gasteiger partial charge is 0.480 e. The lowest BCUT2D eigenvalue weighted by atomic mass is 10.1. The second-order valence-corrected chi connectivity index (χ2v) is 5.00. The summed E-state index contributed by atoms with van der Waals surface area (Å²) in [5, 5.41) is 13.3. The molecule has 21 heavy (non-hydrogen) atoms. The maximum absolute atomic E-state index is 12.5. The van der Waals surface area contributed by atoms with Gasteiger partial charge in [-0.15, -0.1) is 0 Å². The first-order valence-corrected chi connectivity index (χ1v) is 6.80. The molecule has 1 amide bonds. The molecule has 2 aromatic rings. The lowest BCUT2D eigenvalue weighted by molar-refractivity contribution is -0.141. The molecule has 1 saturated heterocycles. The van der Waals surface area contributed by atoms with E-state index in [4.69, 9.17) is 0 Å². The maximum Gasteiger partial charge on any atom is 0.326 e. The van der Waals surface area contributed by atoms with E-state index in [1.54, 1.807) is 41.3 Å². The van der Waals surface area contributed by atoms with Gasteiger partial charge >= 0.3 is 5.97 Å². The fourth-order valence-electron chi connectivity index (χ4n) is 2.64. The SMILES string of the molecule is O=C(O)[C@H]1CCCN1C(=O)c1cccc(-n2cccn2)c1. The van der Waals surface area contributed by atoms with Gasteiger partial charge in [-0.05, 0) is 37.1 Å². The zero-order valence-electron chi connectivity index (χ0n) is 11.3. The van der Waals surface area contributed by atoms with Crippen LogP contribution >= 0.6 is 0 Å². The number of aliphatic carboxylic acids is 1. The summed E-state index contributed by atoms with van der Waals surface area (Å²) < 4.78 is 1.66. The fraction of sp³-hybridized carbons (Fsp3) is 0.267. The van der Waals surface area contributed by atoms with Crippen LogP contribution in [-0.4, -0.2) is 44.3 Å². The minimum atomic E-state index is -0.941. The molecular weight excluding hydrogens is 270 g/mol. The van der Waals surface area contributed by atoms with Crippen LogP contribution in [0, 0.1) is 0 Å². The number of amides is 1. The van der Waals surface area contributed by atoms with Gasteiger partial charge in [0.2, 0.25) is 0 Å². The van der Waals surface area contributed by atoms with Crippen molar-refractivity contribution < 1.29 is 14.7 Å². The highest BCUT2D eigenvalue weighted by atomic mass is 16.4. The summed E-state index contributed by atoms with van der Waals surface area (Å²) in [7, 11) is 0. The van der Waals surface area contributed by atoms with E-state index < -0.39 is 12.0 Å². The lowest BCUT2D eigenvalue weighted by Gasteiger charge is -2.21. The van der Waals surface area contributed by atoms with E-state index in [-0.39, 0.29) is 5.91 Å². The number of rotatable bonds is 3. The van der Waals surface area contributed by atoms with Crippen molar-refractivity contribution in [3.05, 3.63) is 48.3 Å². The van der Waals surface area contributed by atoms with Crippen LogP contribution in [-0.2, 0) is 4.79 Å². The summed E-state index contributed by atoms with van der Waals surface area (Å²) in [6, 6.07) is 8.14. The molecule has 0 saturated carbocycles. The zero-order valence-corrected chi connectivity index (χ0v) is 11.3. The molecule has 1 fully saturated rings. The van der Waals surface area contributed by atoms with Gasteiger partial charge in [0.1, 0.15) is 6.04 Å². The Kier molecular flexibility index (Phi) is 3.43. The first-order valence-electron chi connectivity index (χ1n) is 6.80. The number of carboxylic acids is 1. The Labute approximate surface area is 121 Å². The topological polar surface area (TPSA) is 75.4 Å². The van der Waals surface area contributed by atoms with E-state index >= 15 is 0 Å². The highest BCUT2D eigenvalue weighted by Crippen LogP contribution is 2.21. The molecule has 1 aromatic heterocycles. The number of hydrogen-bond acceptors (Lipinski definition) is 3. The van der Waals surface area contributed by atoms with E-state index in [2.05, 4.69) is 5.10 Å². The Morgan fingerprint density at radius 1 is 1.29 bits per heavy atom. The van der Waals surface area contributed by atoms with Crippen molar-refractivity contribution in [1.82, 2.24) is 14.7 Å². The van der Waals surface area contributed by atoms with Crippen molar-refractivity contribution in [3.63, 3.8) is 0 Å². The second kappa shape index (κ2) is 5.40. The molecule has 6 heteroatoms. The van der Waals surface area contributed by atoms with Gasteiger partial charge in [0.15, 0.2) is 0 Å². The number of nitrogens with zero attached hydrogens (tertiary/aromatic N) is 3.